The fourth-order valence-electron chi connectivity index (χ4n) is 1.48. The molecule has 0 saturated heterocycles. The lowest BCUT2D eigenvalue weighted by atomic mass is 10.1. The molecule has 0 spiro atoms. The van der Waals surface area contributed by atoms with Gasteiger partial charge in [-0.3, -0.25) is 9.48 Å². The Kier molecular flexibility index (Phi) is 2.98. The Morgan fingerprint density at radius 3 is 2.94 bits per heavy atom. The van der Waals surface area contributed by atoms with Crippen LogP contribution >= 0.6 is 22.9 Å². The number of carboxylic acids is 1. The molecule has 0 atom stereocenters. The van der Waals surface area contributed by atoms with E-state index in [4.69, 9.17) is 16.7 Å². The van der Waals surface area contributed by atoms with Crippen LogP contribution in [0.4, 0.5) is 0 Å². The third kappa shape index (κ3) is 2.25. The summed E-state index contributed by atoms with van der Waals surface area (Å²) in [4.78, 5) is 11.6. The largest absolute Gasteiger partial charge is 0.481 e. The van der Waals surface area contributed by atoms with Crippen molar-refractivity contribution in [1.29, 1.82) is 0 Å². The van der Waals surface area contributed by atoms with Crippen molar-refractivity contribution in [2.75, 3.05) is 0 Å². The van der Waals surface area contributed by atoms with Crippen molar-refractivity contribution in [2.45, 2.75) is 6.42 Å². The highest BCUT2D eigenvalue weighted by Crippen LogP contribution is 2.32. The van der Waals surface area contributed by atoms with E-state index in [2.05, 4.69) is 5.10 Å². The van der Waals surface area contributed by atoms with E-state index in [9.17, 15) is 4.79 Å². The lowest BCUT2D eigenvalue weighted by Crippen LogP contribution is -1.99. The molecule has 0 unspecified atom stereocenters. The lowest BCUT2D eigenvalue weighted by molar-refractivity contribution is -0.136. The number of aliphatic carboxylic acids is 1. The first-order valence-electron chi connectivity index (χ1n) is 4.56. The van der Waals surface area contributed by atoms with Gasteiger partial charge in [-0.15, -0.1) is 11.3 Å². The second-order valence-electron chi connectivity index (χ2n) is 3.35. The number of thiophene rings is 1. The number of halogens is 1. The summed E-state index contributed by atoms with van der Waals surface area (Å²) in [7, 11) is 1.77. The van der Waals surface area contributed by atoms with Gasteiger partial charge < -0.3 is 5.11 Å². The lowest BCUT2D eigenvalue weighted by Gasteiger charge is -1.95. The highest BCUT2D eigenvalue weighted by Gasteiger charge is 2.14. The molecule has 2 aromatic heterocycles. The minimum absolute atomic E-state index is 0.0291. The van der Waals surface area contributed by atoms with Crippen LogP contribution in [-0.4, -0.2) is 20.9 Å². The van der Waals surface area contributed by atoms with E-state index < -0.39 is 5.97 Å². The maximum Gasteiger partial charge on any atom is 0.307 e. The van der Waals surface area contributed by atoms with Crippen LogP contribution in [0.25, 0.3) is 10.6 Å². The van der Waals surface area contributed by atoms with E-state index in [1.54, 1.807) is 24.0 Å². The summed E-state index contributed by atoms with van der Waals surface area (Å²) in [6.07, 6.45) is 1.69. The standard InChI is InChI=1S/C10H9ClN2O2S/c1-13-5-6(4-9(14)15)10(12-13)7-2-3-8(11)16-7/h2-3,5H,4H2,1H3,(H,14,15). The van der Waals surface area contributed by atoms with Gasteiger partial charge in [0.05, 0.1) is 15.6 Å². The summed E-state index contributed by atoms with van der Waals surface area (Å²) < 4.78 is 2.28. The maximum atomic E-state index is 10.7. The van der Waals surface area contributed by atoms with Gasteiger partial charge in [0.25, 0.3) is 0 Å². The third-order valence-electron chi connectivity index (χ3n) is 2.05. The molecule has 0 bridgehead atoms. The monoisotopic (exact) mass is 256 g/mol. The Bertz CT molecular complexity index is 533. The van der Waals surface area contributed by atoms with E-state index in [0.29, 0.717) is 15.6 Å². The fraction of sp³-hybridized carbons (Fsp3) is 0.200. The molecular formula is C10H9ClN2O2S. The highest BCUT2D eigenvalue weighted by atomic mass is 35.5. The molecule has 0 amide bonds. The number of rotatable bonds is 3. The number of carboxylic acid groups (broad SMARTS) is 1. The highest BCUT2D eigenvalue weighted by molar-refractivity contribution is 7.19. The smallest absolute Gasteiger partial charge is 0.307 e. The van der Waals surface area contributed by atoms with Gasteiger partial charge >= 0.3 is 5.97 Å². The fourth-order valence-corrected chi connectivity index (χ4v) is 2.54. The molecule has 0 aliphatic carbocycles. The molecule has 0 saturated carbocycles. The predicted octanol–water partition coefficient (Wildman–Crippen LogP) is 2.43. The van der Waals surface area contributed by atoms with E-state index in [1.165, 1.54) is 11.3 Å². The van der Waals surface area contributed by atoms with Crippen LogP contribution in [0.2, 0.25) is 4.34 Å². The first-order valence-corrected chi connectivity index (χ1v) is 5.75. The first kappa shape index (κ1) is 11.2. The average molecular weight is 257 g/mol. The van der Waals surface area contributed by atoms with Gasteiger partial charge in [0, 0.05) is 18.8 Å². The molecule has 0 aliphatic heterocycles. The topological polar surface area (TPSA) is 55.1 Å². The molecule has 0 fully saturated rings. The second kappa shape index (κ2) is 4.27. The molecule has 2 aromatic rings. The van der Waals surface area contributed by atoms with Crippen molar-refractivity contribution in [2.24, 2.45) is 7.05 Å². The molecule has 2 heterocycles. The third-order valence-corrected chi connectivity index (χ3v) is 3.29. The van der Waals surface area contributed by atoms with Crippen LogP contribution in [0.1, 0.15) is 5.56 Å². The summed E-state index contributed by atoms with van der Waals surface area (Å²) in [5.41, 5.74) is 1.40. The summed E-state index contributed by atoms with van der Waals surface area (Å²) in [6.45, 7) is 0. The van der Waals surface area contributed by atoms with Crippen LogP contribution < -0.4 is 0 Å². The van der Waals surface area contributed by atoms with Crippen LogP contribution in [0.5, 0.6) is 0 Å². The summed E-state index contributed by atoms with van der Waals surface area (Å²) >= 11 is 7.23. The number of aromatic nitrogens is 2. The number of hydrogen-bond donors (Lipinski definition) is 1. The molecule has 2 rings (SSSR count). The molecule has 84 valence electrons. The molecule has 6 heteroatoms. The summed E-state index contributed by atoms with van der Waals surface area (Å²) in [6, 6.07) is 3.63. The Balaban J connectivity index is 2.43. The molecule has 0 radical (unpaired) electrons. The maximum absolute atomic E-state index is 10.7. The quantitative estimate of drug-likeness (QED) is 0.918. The molecule has 16 heavy (non-hydrogen) atoms. The van der Waals surface area contributed by atoms with Gasteiger partial charge in [-0.05, 0) is 12.1 Å². The van der Waals surface area contributed by atoms with E-state index >= 15 is 0 Å². The zero-order chi connectivity index (χ0) is 11.7. The first-order chi connectivity index (χ1) is 7.56. The van der Waals surface area contributed by atoms with Gasteiger partial charge in [-0.1, -0.05) is 11.6 Å². The van der Waals surface area contributed by atoms with Crippen molar-refractivity contribution in [3.63, 3.8) is 0 Å². The van der Waals surface area contributed by atoms with Gasteiger partial charge in [0.2, 0.25) is 0 Å². The van der Waals surface area contributed by atoms with Crippen molar-refractivity contribution in [3.05, 3.63) is 28.2 Å². The Morgan fingerprint density at radius 2 is 2.38 bits per heavy atom. The van der Waals surface area contributed by atoms with Crippen molar-refractivity contribution in [3.8, 4) is 10.6 Å². The van der Waals surface area contributed by atoms with Gasteiger partial charge in [0.1, 0.15) is 5.69 Å². The number of aryl methyl sites for hydroxylation is 1. The van der Waals surface area contributed by atoms with Crippen molar-refractivity contribution in [1.82, 2.24) is 9.78 Å². The van der Waals surface area contributed by atoms with Crippen LogP contribution in [0.3, 0.4) is 0 Å². The normalized spacial score (nSPS) is 10.6. The number of hydrogen-bond acceptors (Lipinski definition) is 3. The Labute approximate surface area is 101 Å². The van der Waals surface area contributed by atoms with Crippen LogP contribution in [0, 0.1) is 0 Å². The van der Waals surface area contributed by atoms with Crippen molar-refractivity contribution < 1.29 is 9.90 Å². The molecule has 1 N–H and O–H groups in total. The zero-order valence-corrected chi connectivity index (χ0v) is 10.0. The predicted molar refractivity (Wildman–Crippen MR) is 62.9 cm³/mol. The molecule has 0 aromatic carbocycles. The SMILES string of the molecule is Cn1cc(CC(=O)O)c(-c2ccc(Cl)s2)n1. The Morgan fingerprint density at radius 1 is 1.62 bits per heavy atom. The van der Waals surface area contributed by atoms with E-state index in [-0.39, 0.29) is 6.42 Å². The number of nitrogens with zero attached hydrogens (tertiary/aromatic N) is 2. The van der Waals surface area contributed by atoms with Gasteiger partial charge in [0.15, 0.2) is 0 Å². The van der Waals surface area contributed by atoms with Gasteiger partial charge in [-0.2, -0.15) is 5.10 Å². The zero-order valence-electron chi connectivity index (χ0n) is 8.48. The van der Waals surface area contributed by atoms with Gasteiger partial charge in [-0.25, -0.2) is 0 Å². The Hall–Kier alpha value is -1.33. The second-order valence-corrected chi connectivity index (χ2v) is 5.07. The van der Waals surface area contributed by atoms with Crippen molar-refractivity contribution >= 4 is 28.9 Å². The minimum atomic E-state index is -0.864. The molecular weight excluding hydrogens is 248 g/mol. The average Bonchev–Trinajstić information content (AvgIpc) is 2.72. The van der Waals surface area contributed by atoms with E-state index in [1.807, 2.05) is 6.07 Å². The number of carbonyl (C=O) groups is 1. The minimum Gasteiger partial charge on any atom is -0.481 e. The van der Waals surface area contributed by atoms with Crippen LogP contribution in [0.15, 0.2) is 18.3 Å². The molecule has 0 aliphatic rings. The van der Waals surface area contributed by atoms with E-state index in [0.717, 1.165) is 4.88 Å². The molecule has 4 nitrogen and oxygen atoms in total. The summed E-state index contributed by atoms with van der Waals surface area (Å²) in [5, 5.41) is 13.0. The summed E-state index contributed by atoms with van der Waals surface area (Å²) in [5.74, 6) is -0.864. The van der Waals surface area contributed by atoms with Crippen LogP contribution in [-0.2, 0) is 18.3 Å².